The molecule has 2 fully saturated rings. The first-order valence-electron chi connectivity index (χ1n) is 7.44. The molecule has 1 aliphatic carbocycles. The fourth-order valence-corrected chi connectivity index (χ4v) is 2.99. The van der Waals surface area contributed by atoms with Gasteiger partial charge in [-0.3, -0.25) is 4.98 Å². The molecule has 0 spiro atoms. The Hall–Kier alpha value is -1.76. The smallest absolute Gasteiger partial charge is 0.199 e. The van der Waals surface area contributed by atoms with Crippen LogP contribution in [0.15, 0.2) is 12.4 Å². The Kier molecular flexibility index (Phi) is 2.99. The molecule has 1 aliphatic heterocycles. The Morgan fingerprint density at radius 3 is 3.00 bits per heavy atom. The van der Waals surface area contributed by atoms with Crippen LogP contribution in [0.25, 0.3) is 5.65 Å². The van der Waals surface area contributed by atoms with Gasteiger partial charge in [0.05, 0.1) is 12.4 Å². The molecule has 2 aromatic heterocycles. The van der Waals surface area contributed by atoms with E-state index in [0.29, 0.717) is 17.7 Å². The summed E-state index contributed by atoms with van der Waals surface area (Å²) < 4.78 is 1.80. The van der Waals surface area contributed by atoms with E-state index in [0.717, 1.165) is 18.9 Å². The first kappa shape index (κ1) is 12.0. The molecule has 7 heteroatoms. The van der Waals surface area contributed by atoms with Crippen LogP contribution in [0.4, 0.5) is 5.82 Å². The number of piperidine rings is 1. The minimum atomic E-state index is 0.566. The molecule has 1 saturated heterocycles. The number of hydrogen-bond acceptors (Lipinski definition) is 6. The minimum absolute atomic E-state index is 0.566. The molecule has 7 nitrogen and oxygen atoms in total. The highest BCUT2D eigenvalue weighted by atomic mass is 15.5. The molecule has 106 valence electrons. The number of nitrogens with one attached hydrogen (secondary N) is 1. The highest BCUT2D eigenvalue weighted by molar-refractivity contribution is 5.48. The molecular formula is C13H19N7. The maximum atomic E-state index is 4.28. The molecule has 1 unspecified atom stereocenters. The van der Waals surface area contributed by atoms with Crippen LogP contribution in [0.3, 0.4) is 0 Å². The van der Waals surface area contributed by atoms with Gasteiger partial charge >= 0.3 is 0 Å². The minimum Gasteiger partial charge on any atom is -0.351 e. The van der Waals surface area contributed by atoms with E-state index < -0.39 is 0 Å². The predicted molar refractivity (Wildman–Crippen MR) is 74.6 cm³/mol. The van der Waals surface area contributed by atoms with Crippen molar-refractivity contribution < 1.29 is 0 Å². The van der Waals surface area contributed by atoms with Crippen LogP contribution < -0.4 is 10.2 Å². The second kappa shape index (κ2) is 4.97. The van der Waals surface area contributed by atoms with E-state index in [1.54, 1.807) is 10.7 Å². The van der Waals surface area contributed by atoms with E-state index in [9.17, 15) is 0 Å². The quantitative estimate of drug-likeness (QED) is 0.881. The summed E-state index contributed by atoms with van der Waals surface area (Å²) in [5, 5.41) is 15.5. The average molecular weight is 273 g/mol. The van der Waals surface area contributed by atoms with Crippen molar-refractivity contribution in [3.63, 3.8) is 0 Å². The summed E-state index contributed by atoms with van der Waals surface area (Å²) in [5.74, 6) is 1.02. The zero-order valence-electron chi connectivity index (χ0n) is 11.4. The predicted octanol–water partition coefficient (Wildman–Crippen LogP) is 0.630. The maximum Gasteiger partial charge on any atom is 0.199 e. The van der Waals surface area contributed by atoms with Crippen molar-refractivity contribution in [2.75, 3.05) is 18.0 Å². The highest BCUT2D eigenvalue weighted by Gasteiger charge is 2.32. The molecule has 2 aromatic rings. The molecular weight excluding hydrogens is 254 g/mol. The zero-order chi connectivity index (χ0) is 13.4. The molecule has 4 rings (SSSR count). The van der Waals surface area contributed by atoms with E-state index in [-0.39, 0.29) is 0 Å². The monoisotopic (exact) mass is 273 g/mol. The lowest BCUT2D eigenvalue weighted by molar-refractivity contribution is 0.397. The van der Waals surface area contributed by atoms with Gasteiger partial charge in [-0.05, 0) is 42.7 Å². The van der Waals surface area contributed by atoms with Gasteiger partial charge in [-0.1, -0.05) is 6.42 Å². The van der Waals surface area contributed by atoms with Gasteiger partial charge in [0, 0.05) is 18.6 Å². The zero-order valence-corrected chi connectivity index (χ0v) is 11.4. The molecule has 1 N–H and O–H groups in total. The van der Waals surface area contributed by atoms with Gasteiger partial charge in [0.2, 0.25) is 0 Å². The normalized spacial score (nSPS) is 23.1. The van der Waals surface area contributed by atoms with Crippen LogP contribution in [0, 0.1) is 0 Å². The van der Waals surface area contributed by atoms with Crippen molar-refractivity contribution in [3.05, 3.63) is 12.4 Å². The summed E-state index contributed by atoms with van der Waals surface area (Å²) in [7, 11) is 0. The van der Waals surface area contributed by atoms with Crippen molar-refractivity contribution >= 4 is 11.5 Å². The lowest BCUT2D eigenvalue weighted by Gasteiger charge is -2.31. The molecule has 1 atom stereocenters. The van der Waals surface area contributed by atoms with E-state index in [4.69, 9.17) is 0 Å². The van der Waals surface area contributed by atoms with E-state index >= 15 is 0 Å². The standard InChI is InChI=1S/C13H19N7/c1-2-6-15-10(3-1)9-19(11-4-5-11)13-8-14-7-12-16-17-18-20(12)13/h7-8,10-11,15H,1-6,9H2. The van der Waals surface area contributed by atoms with Crippen LogP contribution in [0.1, 0.15) is 32.1 Å². The van der Waals surface area contributed by atoms with Gasteiger partial charge in [-0.2, -0.15) is 4.52 Å². The number of fused-ring (bicyclic) bond motifs is 1. The van der Waals surface area contributed by atoms with Gasteiger partial charge in [-0.25, -0.2) is 0 Å². The molecule has 0 aromatic carbocycles. The van der Waals surface area contributed by atoms with Gasteiger partial charge < -0.3 is 10.2 Å². The van der Waals surface area contributed by atoms with Gasteiger partial charge in [0.1, 0.15) is 0 Å². The third-order valence-corrected chi connectivity index (χ3v) is 4.20. The van der Waals surface area contributed by atoms with Gasteiger partial charge in [-0.15, -0.1) is 5.10 Å². The van der Waals surface area contributed by atoms with E-state index in [1.165, 1.54) is 32.1 Å². The number of rotatable bonds is 4. The van der Waals surface area contributed by atoms with Crippen molar-refractivity contribution in [1.29, 1.82) is 0 Å². The molecule has 0 radical (unpaired) electrons. The fraction of sp³-hybridized carbons (Fsp3) is 0.692. The third kappa shape index (κ3) is 2.22. The van der Waals surface area contributed by atoms with Crippen molar-refractivity contribution in [3.8, 4) is 0 Å². The second-order valence-electron chi connectivity index (χ2n) is 5.74. The van der Waals surface area contributed by atoms with Crippen molar-refractivity contribution in [2.45, 2.75) is 44.2 Å². The van der Waals surface area contributed by atoms with Gasteiger partial charge in [0.25, 0.3) is 0 Å². The summed E-state index contributed by atoms with van der Waals surface area (Å²) in [6.45, 7) is 2.15. The topological polar surface area (TPSA) is 71.2 Å². The summed E-state index contributed by atoms with van der Waals surface area (Å²) in [5.41, 5.74) is 0.713. The SMILES string of the molecule is c1ncc2nnnn2c1N(CC1CCCCN1)C1CC1. The highest BCUT2D eigenvalue weighted by Crippen LogP contribution is 2.31. The molecule has 2 aliphatic rings. The number of aromatic nitrogens is 5. The molecule has 0 bridgehead atoms. The fourth-order valence-electron chi connectivity index (χ4n) is 2.99. The Labute approximate surface area is 117 Å². The first-order valence-corrected chi connectivity index (χ1v) is 7.44. The Morgan fingerprint density at radius 1 is 1.25 bits per heavy atom. The Morgan fingerprint density at radius 2 is 2.20 bits per heavy atom. The Balaban J connectivity index is 1.63. The average Bonchev–Trinajstić information content (AvgIpc) is 3.22. The summed E-state index contributed by atoms with van der Waals surface area (Å²) in [6.07, 6.45) is 9.96. The van der Waals surface area contributed by atoms with Crippen LogP contribution in [0.5, 0.6) is 0 Å². The number of hydrogen-bond donors (Lipinski definition) is 1. The number of nitrogens with zero attached hydrogens (tertiary/aromatic N) is 6. The van der Waals surface area contributed by atoms with Crippen LogP contribution in [-0.2, 0) is 0 Å². The van der Waals surface area contributed by atoms with Crippen LogP contribution in [-0.4, -0.2) is 50.2 Å². The lowest BCUT2D eigenvalue weighted by Crippen LogP contribution is -2.45. The summed E-state index contributed by atoms with van der Waals surface area (Å²) in [4.78, 5) is 6.71. The molecule has 1 saturated carbocycles. The molecule has 0 amide bonds. The molecule has 3 heterocycles. The third-order valence-electron chi connectivity index (χ3n) is 4.20. The first-order chi connectivity index (χ1) is 9.92. The maximum absolute atomic E-state index is 4.28. The van der Waals surface area contributed by atoms with E-state index in [1.807, 2.05) is 6.20 Å². The largest absolute Gasteiger partial charge is 0.351 e. The summed E-state index contributed by atoms with van der Waals surface area (Å²) >= 11 is 0. The number of anilines is 1. The number of tetrazole rings is 1. The Bertz CT molecular complexity index is 585. The second-order valence-corrected chi connectivity index (χ2v) is 5.74. The summed E-state index contributed by atoms with van der Waals surface area (Å²) in [6, 6.07) is 1.19. The van der Waals surface area contributed by atoms with Crippen molar-refractivity contribution in [2.24, 2.45) is 0 Å². The van der Waals surface area contributed by atoms with Crippen molar-refractivity contribution in [1.82, 2.24) is 30.3 Å². The van der Waals surface area contributed by atoms with E-state index in [2.05, 4.69) is 30.7 Å². The van der Waals surface area contributed by atoms with Gasteiger partial charge in [0.15, 0.2) is 11.5 Å². The van der Waals surface area contributed by atoms with Crippen LogP contribution in [0.2, 0.25) is 0 Å². The lowest BCUT2D eigenvalue weighted by atomic mass is 10.0. The van der Waals surface area contributed by atoms with Crippen LogP contribution >= 0.6 is 0 Å². The molecule has 20 heavy (non-hydrogen) atoms.